The van der Waals surface area contributed by atoms with Gasteiger partial charge in [0.1, 0.15) is 5.69 Å². The van der Waals surface area contributed by atoms with Gasteiger partial charge in [-0.3, -0.25) is 0 Å². The third-order valence-corrected chi connectivity index (χ3v) is 4.22. The second kappa shape index (κ2) is 7.53. The maximum atomic E-state index is 9.83. The van der Waals surface area contributed by atoms with Gasteiger partial charge in [-0.1, -0.05) is 5.21 Å². The van der Waals surface area contributed by atoms with Crippen LogP contribution in [0.2, 0.25) is 0 Å². The number of methoxy groups -OCH3 is 1. The fraction of sp³-hybridized carbons (Fsp3) is 0.200. The van der Waals surface area contributed by atoms with Gasteiger partial charge < -0.3 is 15.6 Å². The highest BCUT2D eigenvalue weighted by Crippen LogP contribution is 2.34. The van der Waals surface area contributed by atoms with E-state index in [9.17, 15) is 5.11 Å². The Morgan fingerprint density at radius 2 is 2.19 bits per heavy atom. The molecule has 3 rings (SSSR count). The molecule has 140 valence electrons. The molecule has 2 heterocycles. The molecule has 1 aromatic carbocycles. The first-order valence-corrected chi connectivity index (χ1v) is 8.36. The van der Waals surface area contributed by atoms with Crippen LogP contribution in [0.1, 0.15) is 23.9 Å². The van der Waals surface area contributed by atoms with Crippen LogP contribution in [0, 0.1) is 6.92 Å². The topological polar surface area (TPSA) is 150 Å². The molecule has 0 spiro atoms. The summed E-state index contributed by atoms with van der Waals surface area (Å²) in [5, 5.41) is 33.3. The van der Waals surface area contributed by atoms with Crippen LogP contribution in [0.5, 0.6) is 11.5 Å². The Bertz CT molecular complexity index is 1040. The van der Waals surface area contributed by atoms with Crippen molar-refractivity contribution in [1.82, 2.24) is 25.3 Å². The van der Waals surface area contributed by atoms with Crippen molar-refractivity contribution in [2.24, 2.45) is 10.2 Å². The van der Waals surface area contributed by atoms with E-state index in [1.165, 1.54) is 18.0 Å². The molecule has 0 aliphatic heterocycles. The van der Waals surface area contributed by atoms with E-state index in [0.717, 1.165) is 0 Å². The number of nitrogens with two attached hydrogens (primary N) is 1. The van der Waals surface area contributed by atoms with Crippen LogP contribution in [0.3, 0.4) is 0 Å². The van der Waals surface area contributed by atoms with Crippen molar-refractivity contribution in [3.63, 3.8) is 0 Å². The number of aromatic hydroxyl groups is 1. The maximum absolute atomic E-state index is 9.83. The molecule has 0 unspecified atom stereocenters. The van der Waals surface area contributed by atoms with Crippen LogP contribution in [0.4, 0.5) is 5.82 Å². The summed E-state index contributed by atoms with van der Waals surface area (Å²) in [6.07, 6.45) is 1.52. The Morgan fingerprint density at radius 3 is 2.85 bits per heavy atom. The summed E-state index contributed by atoms with van der Waals surface area (Å²) < 4.78 is 11.6. The van der Waals surface area contributed by atoms with Crippen molar-refractivity contribution in [1.29, 1.82) is 0 Å². The predicted octanol–water partition coefficient (Wildman–Crippen LogP) is 1.86. The van der Waals surface area contributed by atoms with Crippen molar-refractivity contribution in [2.45, 2.75) is 13.8 Å². The maximum Gasteiger partial charge on any atom is 0.243 e. The van der Waals surface area contributed by atoms with Gasteiger partial charge in [-0.2, -0.15) is 14.9 Å². The van der Waals surface area contributed by atoms with Gasteiger partial charge in [0, 0.05) is 0 Å². The number of nitrogens with zero attached hydrogens (tertiary/aromatic N) is 7. The van der Waals surface area contributed by atoms with E-state index in [1.54, 1.807) is 26.0 Å². The smallest absolute Gasteiger partial charge is 0.243 e. The number of anilines is 1. The number of ether oxygens (including phenoxy) is 1. The third-order valence-electron chi connectivity index (χ3n) is 3.62. The molecule has 0 atom stereocenters. The van der Waals surface area contributed by atoms with Crippen LogP contribution < -0.4 is 10.5 Å². The molecule has 12 heteroatoms. The summed E-state index contributed by atoms with van der Waals surface area (Å²) in [6, 6.07) is 3.32. The zero-order valence-electron chi connectivity index (χ0n) is 14.6. The summed E-state index contributed by atoms with van der Waals surface area (Å²) in [6.45, 7) is 3.53. The van der Waals surface area contributed by atoms with Gasteiger partial charge in [0.2, 0.25) is 11.6 Å². The molecule has 0 saturated carbocycles. The molecular weight excluding hydrogens is 420 g/mol. The molecular formula is C15H15BrN8O3. The largest absolute Gasteiger partial charge is 0.503 e. The monoisotopic (exact) mass is 434 g/mol. The molecule has 0 radical (unpaired) electrons. The molecule has 0 aliphatic carbocycles. The van der Waals surface area contributed by atoms with Gasteiger partial charge in [0.15, 0.2) is 11.5 Å². The number of halogens is 1. The SMILES string of the molecule is COc1cc(C=NN=C(C)c2nnn(-c3nonc3N)c2C)cc(Br)c1O. The number of phenols is 1. The highest BCUT2D eigenvalue weighted by atomic mass is 79.9. The Labute approximate surface area is 161 Å². The van der Waals surface area contributed by atoms with Gasteiger partial charge in [-0.15, -0.1) is 5.10 Å². The summed E-state index contributed by atoms with van der Waals surface area (Å²) in [5.74, 6) is 0.699. The van der Waals surface area contributed by atoms with E-state index in [-0.39, 0.29) is 17.4 Å². The molecule has 2 aromatic heterocycles. The van der Waals surface area contributed by atoms with E-state index in [0.29, 0.717) is 32.9 Å². The lowest BCUT2D eigenvalue weighted by Crippen LogP contribution is -2.04. The highest BCUT2D eigenvalue weighted by Gasteiger charge is 2.17. The number of rotatable bonds is 5. The predicted molar refractivity (Wildman–Crippen MR) is 101 cm³/mol. The fourth-order valence-electron chi connectivity index (χ4n) is 2.26. The summed E-state index contributed by atoms with van der Waals surface area (Å²) in [5.41, 5.74) is 8.09. The van der Waals surface area contributed by atoms with Crippen molar-refractivity contribution >= 4 is 33.7 Å². The van der Waals surface area contributed by atoms with Crippen molar-refractivity contribution in [2.75, 3.05) is 12.8 Å². The molecule has 3 N–H and O–H groups in total. The minimum atomic E-state index is 0.0168. The number of hydrogen-bond donors (Lipinski definition) is 2. The second-order valence-electron chi connectivity index (χ2n) is 5.39. The molecule has 0 aliphatic rings. The molecule has 0 amide bonds. The first-order valence-electron chi connectivity index (χ1n) is 7.57. The van der Waals surface area contributed by atoms with E-state index >= 15 is 0 Å². The lowest BCUT2D eigenvalue weighted by molar-refractivity contribution is 0.306. The molecule has 0 fully saturated rings. The van der Waals surface area contributed by atoms with Crippen molar-refractivity contribution in [3.8, 4) is 17.3 Å². The van der Waals surface area contributed by atoms with E-state index in [4.69, 9.17) is 10.5 Å². The second-order valence-corrected chi connectivity index (χ2v) is 6.25. The molecule has 3 aromatic rings. The van der Waals surface area contributed by atoms with Gasteiger partial charge in [-0.25, -0.2) is 4.63 Å². The number of benzene rings is 1. The van der Waals surface area contributed by atoms with Crippen LogP contribution in [-0.4, -0.2) is 49.4 Å². The average molecular weight is 435 g/mol. The van der Waals surface area contributed by atoms with E-state index in [2.05, 4.69) is 51.4 Å². The lowest BCUT2D eigenvalue weighted by atomic mass is 10.2. The number of phenolic OH excluding ortho intramolecular Hbond substituents is 1. The number of hydrogen-bond acceptors (Lipinski definition) is 10. The zero-order chi connectivity index (χ0) is 19.6. The van der Waals surface area contributed by atoms with Crippen molar-refractivity contribution < 1.29 is 14.5 Å². The Hall–Kier alpha value is -3.28. The zero-order valence-corrected chi connectivity index (χ0v) is 16.2. The Balaban J connectivity index is 1.85. The normalized spacial score (nSPS) is 12.1. The van der Waals surface area contributed by atoms with Crippen molar-refractivity contribution in [3.05, 3.63) is 33.6 Å². The summed E-state index contributed by atoms with van der Waals surface area (Å²) in [4.78, 5) is 0. The van der Waals surface area contributed by atoms with Crippen LogP contribution in [-0.2, 0) is 0 Å². The Morgan fingerprint density at radius 1 is 1.41 bits per heavy atom. The van der Waals surface area contributed by atoms with Gasteiger partial charge >= 0.3 is 0 Å². The van der Waals surface area contributed by atoms with E-state index < -0.39 is 0 Å². The number of nitrogen functional groups attached to an aromatic ring is 1. The van der Waals surface area contributed by atoms with Gasteiger partial charge in [0.25, 0.3) is 0 Å². The molecule has 11 nitrogen and oxygen atoms in total. The molecule has 0 saturated heterocycles. The quantitative estimate of drug-likeness (QED) is 0.456. The molecule has 27 heavy (non-hydrogen) atoms. The first-order chi connectivity index (χ1) is 12.9. The standard InChI is InChI=1S/C15H15BrN8O3/c1-7(12-8(2)24(23-20-12)15-14(17)21-27-22-15)19-18-6-9-4-10(16)13(25)11(5-9)26-3/h4-6,25H,1-3H3,(H2,17,21). The van der Waals surface area contributed by atoms with Crippen LogP contribution in [0.15, 0.2) is 31.4 Å². The van der Waals surface area contributed by atoms with Gasteiger partial charge in [0.05, 0.1) is 29.2 Å². The fourth-order valence-corrected chi connectivity index (χ4v) is 2.72. The molecule has 0 bridgehead atoms. The first kappa shape index (κ1) is 18.5. The minimum absolute atomic E-state index is 0.0168. The lowest BCUT2D eigenvalue weighted by Gasteiger charge is -2.05. The van der Waals surface area contributed by atoms with E-state index in [1.807, 2.05) is 0 Å². The Kier molecular flexibility index (Phi) is 5.16. The van der Waals surface area contributed by atoms with Crippen LogP contribution >= 0.6 is 15.9 Å². The van der Waals surface area contributed by atoms with Crippen LogP contribution in [0.25, 0.3) is 5.82 Å². The summed E-state index contributed by atoms with van der Waals surface area (Å²) >= 11 is 3.25. The highest BCUT2D eigenvalue weighted by molar-refractivity contribution is 9.10. The average Bonchev–Trinajstić information content (AvgIpc) is 3.22. The summed E-state index contributed by atoms with van der Waals surface area (Å²) in [7, 11) is 1.47. The third kappa shape index (κ3) is 3.65. The number of aromatic nitrogens is 5. The minimum Gasteiger partial charge on any atom is -0.503 e. The van der Waals surface area contributed by atoms with Gasteiger partial charge in [-0.05, 0) is 57.8 Å².